The van der Waals surface area contributed by atoms with Gasteiger partial charge in [0, 0.05) is 5.56 Å². The van der Waals surface area contributed by atoms with E-state index >= 15 is 0 Å². The summed E-state index contributed by atoms with van der Waals surface area (Å²) < 4.78 is 16.7. The summed E-state index contributed by atoms with van der Waals surface area (Å²) in [5.41, 5.74) is 1.51. The molecule has 7 heteroatoms. The van der Waals surface area contributed by atoms with Gasteiger partial charge in [0.25, 0.3) is 5.91 Å². The molecule has 1 aromatic heterocycles. The topological polar surface area (TPSA) is 77.7 Å². The second-order valence-corrected chi connectivity index (χ2v) is 6.85. The van der Waals surface area contributed by atoms with Crippen LogP contribution in [-0.4, -0.2) is 28.3 Å². The maximum atomic E-state index is 12.6. The van der Waals surface area contributed by atoms with Crippen molar-refractivity contribution in [1.29, 1.82) is 0 Å². The van der Waals surface area contributed by atoms with E-state index < -0.39 is 6.10 Å². The Morgan fingerprint density at radius 1 is 1.14 bits per heavy atom. The van der Waals surface area contributed by atoms with Gasteiger partial charge in [-0.3, -0.25) is 9.69 Å². The Balaban J connectivity index is 1.54. The number of hydrogen-bond acceptors (Lipinski definition) is 6. The average molecular weight is 379 g/mol. The van der Waals surface area contributed by atoms with E-state index in [9.17, 15) is 4.79 Å². The van der Waals surface area contributed by atoms with Crippen LogP contribution in [0.5, 0.6) is 11.5 Å². The highest BCUT2D eigenvalue weighted by Gasteiger charge is 2.32. The minimum absolute atomic E-state index is 0.110. The van der Waals surface area contributed by atoms with Gasteiger partial charge in [0.2, 0.25) is 11.7 Å². The van der Waals surface area contributed by atoms with Gasteiger partial charge in [-0.2, -0.15) is 4.98 Å². The average Bonchev–Trinajstić information content (AvgIpc) is 3.14. The van der Waals surface area contributed by atoms with Crippen LogP contribution in [0.4, 0.5) is 5.69 Å². The predicted molar refractivity (Wildman–Crippen MR) is 103 cm³/mol. The molecule has 7 nitrogen and oxygen atoms in total. The van der Waals surface area contributed by atoms with Crippen molar-refractivity contribution in [2.24, 2.45) is 0 Å². The van der Waals surface area contributed by atoms with Crippen LogP contribution in [0.3, 0.4) is 0 Å². The van der Waals surface area contributed by atoms with Crippen molar-refractivity contribution in [2.45, 2.75) is 39.5 Å². The normalized spacial score (nSPS) is 16.1. The van der Waals surface area contributed by atoms with Gasteiger partial charge in [0.05, 0.1) is 11.8 Å². The standard InChI is InChI=1S/C21H21N3O4/c1-13(2)26-16-10-8-15(9-11-16)20-22-19(28-23-20)12-24-17-6-4-5-7-18(17)27-14(3)21(24)25/h4-11,13-14H,12H2,1-3H3/t14-/m0/s1. The highest BCUT2D eigenvalue weighted by Crippen LogP contribution is 2.34. The van der Waals surface area contributed by atoms with E-state index in [1.807, 2.05) is 62.4 Å². The monoisotopic (exact) mass is 379 g/mol. The maximum absolute atomic E-state index is 12.6. The highest BCUT2D eigenvalue weighted by atomic mass is 16.5. The number of rotatable bonds is 5. The van der Waals surface area contributed by atoms with Gasteiger partial charge in [-0.15, -0.1) is 0 Å². The SMILES string of the molecule is CC(C)Oc1ccc(-c2noc(CN3C(=O)[C@H](C)Oc4ccccc43)n2)cc1. The lowest BCUT2D eigenvalue weighted by molar-refractivity contribution is -0.125. The lowest BCUT2D eigenvalue weighted by atomic mass is 10.2. The van der Waals surface area contributed by atoms with Crippen LogP contribution in [0.1, 0.15) is 26.7 Å². The van der Waals surface area contributed by atoms with Crippen molar-refractivity contribution in [3.05, 3.63) is 54.4 Å². The van der Waals surface area contributed by atoms with Crippen molar-refractivity contribution in [2.75, 3.05) is 4.90 Å². The molecule has 1 aliphatic heterocycles. The molecule has 2 heterocycles. The molecule has 1 atom stereocenters. The van der Waals surface area contributed by atoms with E-state index in [1.165, 1.54) is 0 Å². The molecule has 0 bridgehead atoms. The molecule has 0 spiro atoms. The predicted octanol–water partition coefficient (Wildman–Crippen LogP) is 3.84. The number of para-hydroxylation sites is 2. The summed E-state index contributed by atoms with van der Waals surface area (Å²) in [6.45, 7) is 5.87. The Hall–Kier alpha value is -3.35. The maximum Gasteiger partial charge on any atom is 0.268 e. The van der Waals surface area contributed by atoms with Gasteiger partial charge in [-0.25, -0.2) is 0 Å². The fraction of sp³-hybridized carbons (Fsp3) is 0.286. The lowest BCUT2D eigenvalue weighted by Gasteiger charge is -2.31. The molecule has 3 aromatic rings. The van der Waals surface area contributed by atoms with E-state index in [1.54, 1.807) is 11.8 Å². The molecule has 144 valence electrons. The zero-order chi connectivity index (χ0) is 19.7. The lowest BCUT2D eigenvalue weighted by Crippen LogP contribution is -2.44. The van der Waals surface area contributed by atoms with Crippen LogP contribution in [0, 0.1) is 0 Å². The van der Waals surface area contributed by atoms with E-state index in [2.05, 4.69) is 10.1 Å². The molecule has 0 N–H and O–H groups in total. The van der Waals surface area contributed by atoms with Crippen LogP contribution in [-0.2, 0) is 11.3 Å². The highest BCUT2D eigenvalue weighted by molar-refractivity contribution is 5.99. The molecule has 0 fully saturated rings. The van der Waals surface area contributed by atoms with Crippen LogP contribution >= 0.6 is 0 Å². The first-order valence-electron chi connectivity index (χ1n) is 9.18. The number of nitrogens with zero attached hydrogens (tertiary/aromatic N) is 3. The summed E-state index contributed by atoms with van der Waals surface area (Å²) in [4.78, 5) is 18.6. The number of aromatic nitrogens is 2. The van der Waals surface area contributed by atoms with E-state index in [-0.39, 0.29) is 18.6 Å². The summed E-state index contributed by atoms with van der Waals surface area (Å²) in [6, 6.07) is 14.9. The number of carbonyl (C=O) groups excluding carboxylic acids is 1. The third kappa shape index (κ3) is 3.55. The number of fused-ring (bicyclic) bond motifs is 1. The second kappa shape index (κ2) is 7.34. The van der Waals surface area contributed by atoms with Crippen LogP contribution in [0.25, 0.3) is 11.4 Å². The molecular weight excluding hydrogens is 358 g/mol. The number of benzene rings is 2. The summed E-state index contributed by atoms with van der Waals surface area (Å²) >= 11 is 0. The molecule has 28 heavy (non-hydrogen) atoms. The Bertz CT molecular complexity index is 981. The first kappa shape index (κ1) is 18.0. The van der Waals surface area contributed by atoms with Crippen LogP contribution in [0.2, 0.25) is 0 Å². The van der Waals surface area contributed by atoms with Gasteiger partial charge in [-0.05, 0) is 57.2 Å². The minimum atomic E-state index is -0.564. The fourth-order valence-corrected chi connectivity index (χ4v) is 3.05. The summed E-state index contributed by atoms with van der Waals surface area (Å²) in [6.07, 6.45) is -0.454. The fourth-order valence-electron chi connectivity index (χ4n) is 3.05. The summed E-state index contributed by atoms with van der Waals surface area (Å²) in [5, 5.41) is 4.05. The molecule has 4 rings (SSSR count). The molecule has 0 saturated heterocycles. The second-order valence-electron chi connectivity index (χ2n) is 6.85. The molecule has 0 aliphatic carbocycles. The number of amides is 1. The molecule has 0 unspecified atom stereocenters. The quantitative estimate of drug-likeness (QED) is 0.670. The van der Waals surface area contributed by atoms with Crippen molar-refractivity contribution in [1.82, 2.24) is 10.1 Å². The largest absolute Gasteiger partial charge is 0.491 e. The zero-order valence-corrected chi connectivity index (χ0v) is 16.0. The van der Waals surface area contributed by atoms with Crippen molar-refractivity contribution in [3.8, 4) is 22.9 Å². The van der Waals surface area contributed by atoms with Crippen molar-refractivity contribution < 1.29 is 18.8 Å². The molecule has 1 aliphatic rings. The van der Waals surface area contributed by atoms with E-state index in [4.69, 9.17) is 14.0 Å². The number of anilines is 1. The Morgan fingerprint density at radius 3 is 2.64 bits per heavy atom. The van der Waals surface area contributed by atoms with Gasteiger partial charge < -0.3 is 14.0 Å². The van der Waals surface area contributed by atoms with Gasteiger partial charge in [0.15, 0.2) is 6.10 Å². The van der Waals surface area contributed by atoms with Gasteiger partial charge >= 0.3 is 0 Å². The van der Waals surface area contributed by atoms with E-state index in [0.29, 0.717) is 23.2 Å². The van der Waals surface area contributed by atoms with Gasteiger partial charge in [0.1, 0.15) is 18.0 Å². The smallest absolute Gasteiger partial charge is 0.268 e. The Morgan fingerprint density at radius 2 is 1.89 bits per heavy atom. The summed E-state index contributed by atoms with van der Waals surface area (Å²) in [7, 11) is 0. The third-order valence-electron chi connectivity index (χ3n) is 4.32. The number of hydrogen-bond donors (Lipinski definition) is 0. The Kier molecular flexibility index (Phi) is 4.73. The van der Waals surface area contributed by atoms with Crippen LogP contribution in [0.15, 0.2) is 53.1 Å². The molecule has 2 aromatic carbocycles. The summed E-state index contributed by atoms with van der Waals surface area (Å²) in [5.74, 6) is 2.12. The molecule has 0 saturated carbocycles. The number of carbonyl (C=O) groups is 1. The van der Waals surface area contributed by atoms with Crippen LogP contribution < -0.4 is 14.4 Å². The van der Waals surface area contributed by atoms with Crippen molar-refractivity contribution in [3.63, 3.8) is 0 Å². The minimum Gasteiger partial charge on any atom is -0.491 e. The number of ether oxygens (including phenoxy) is 2. The first-order valence-corrected chi connectivity index (χ1v) is 9.18. The zero-order valence-electron chi connectivity index (χ0n) is 16.0. The Labute approximate surface area is 162 Å². The van der Waals surface area contributed by atoms with Crippen molar-refractivity contribution >= 4 is 11.6 Å². The molecular formula is C21H21N3O4. The molecule has 1 amide bonds. The third-order valence-corrected chi connectivity index (χ3v) is 4.32. The molecule has 0 radical (unpaired) electrons. The van der Waals surface area contributed by atoms with Gasteiger partial charge in [-0.1, -0.05) is 17.3 Å². The first-order chi connectivity index (χ1) is 13.5. The van der Waals surface area contributed by atoms with E-state index in [0.717, 1.165) is 11.3 Å².